The highest BCUT2D eigenvalue weighted by Crippen LogP contribution is 2.23. The predicted molar refractivity (Wildman–Crippen MR) is 83.4 cm³/mol. The lowest BCUT2D eigenvalue weighted by Gasteiger charge is -2.26. The number of amides is 1. The number of carbonyl (C=O) groups is 1. The minimum Gasteiger partial charge on any atom is -0.352 e. The van der Waals surface area contributed by atoms with Gasteiger partial charge in [0.25, 0.3) is 5.56 Å². The molecule has 1 heterocycles. The van der Waals surface area contributed by atoms with Crippen molar-refractivity contribution in [3.8, 4) is 0 Å². The molecule has 1 saturated carbocycles. The Bertz CT molecular complexity index is 732. The van der Waals surface area contributed by atoms with Crippen molar-refractivity contribution < 1.29 is 4.79 Å². The Balaban J connectivity index is 1.69. The minimum absolute atomic E-state index is 0.0806. The zero-order chi connectivity index (χ0) is 15.5. The van der Waals surface area contributed by atoms with Gasteiger partial charge in [-0.1, -0.05) is 24.3 Å². The molecular weight excluding hydrogens is 280 g/mol. The summed E-state index contributed by atoms with van der Waals surface area (Å²) < 4.78 is 1.13. The van der Waals surface area contributed by atoms with Gasteiger partial charge in [0.05, 0.1) is 5.39 Å². The maximum atomic E-state index is 12.3. The van der Waals surface area contributed by atoms with Crippen LogP contribution >= 0.6 is 0 Å². The highest BCUT2D eigenvalue weighted by atomic mass is 16.2. The standard InChI is InChI=1S/C16H20N4O2/c1-11-6-8-12(9-7-11)17-15(21)10-20-16(22)13-4-2-3-5-14(13)18-19-20/h2-5,11-12H,6-10H2,1H3,(H,17,21). The molecule has 3 rings (SSSR count). The van der Waals surface area contributed by atoms with Crippen LogP contribution in [0, 0.1) is 5.92 Å². The second-order valence-corrected chi connectivity index (χ2v) is 6.09. The maximum absolute atomic E-state index is 12.3. The molecular formula is C16H20N4O2. The fourth-order valence-corrected chi connectivity index (χ4v) is 2.94. The van der Waals surface area contributed by atoms with E-state index in [1.807, 2.05) is 0 Å². The first kappa shape index (κ1) is 14.7. The number of aromatic nitrogens is 3. The van der Waals surface area contributed by atoms with Crippen LogP contribution in [0.2, 0.25) is 0 Å². The normalized spacial score (nSPS) is 21.7. The molecule has 1 amide bonds. The molecule has 0 unspecified atom stereocenters. The molecule has 6 heteroatoms. The summed E-state index contributed by atoms with van der Waals surface area (Å²) in [6.07, 6.45) is 4.29. The summed E-state index contributed by atoms with van der Waals surface area (Å²) in [6, 6.07) is 7.23. The summed E-state index contributed by atoms with van der Waals surface area (Å²) in [5.74, 6) is 0.563. The van der Waals surface area contributed by atoms with E-state index in [4.69, 9.17) is 0 Å². The SMILES string of the molecule is CC1CCC(NC(=O)Cn2nnc3ccccc3c2=O)CC1. The molecule has 0 atom stereocenters. The van der Waals surface area contributed by atoms with E-state index in [2.05, 4.69) is 22.6 Å². The predicted octanol–water partition coefficient (Wildman–Crippen LogP) is 1.49. The van der Waals surface area contributed by atoms with Gasteiger partial charge in [-0.15, -0.1) is 5.10 Å². The van der Waals surface area contributed by atoms with Crippen molar-refractivity contribution in [2.24, 2.45) is 5.92 Å². The number of hydrogen-bond donors (Lipinski definition) is 1. The summed E-state index contributed by atoms with van der Waals surface area (Å²) in [5, 5.41) is 11.3. The molecule has 1 aliphatic rings. The Morgan fingerprint density at radius 1 is 1.27 bits per heavy atom. The van der Waals surface area contributed by atoms with Gasteiger partial charge in [0, 0.05) is 6.04 Å². The van der Waals surface area contributed by atoms with Gasteiger partial charge in [-0.2, -0.15) is 0 Å². The van der Waals surface area contributed by atoms with Crippen molar-refractivity contribution in [3.05, 3.63) is 34.6 Å². The lowest BCUT2D eigenvalue weighted by molar-refractivity contribution is -0.122. The van der Waals surface area contributed by atoms with Crippen molar-refractivity contribution in [2.75, 3.05) is 0 Å². The Morgan fingerprint density at radius 2 is 2.00 bits per heavy atom. The second kappa shape index (κ2) is 6.25. The summed E-state index contributed by atoms with van der Waals surface area (Å²) in [5.41, 5.74) is 0.267. The molecule has 1 fully saturated rings. The largest absolute Gasteiger partial charge is 0.352 e. The molecule has 1 N–H and O–H groups in total. The first-order valence-corrected chi connectivity index (χ1v) is 7.75. The first-order chi connectivity index (χ1) is 10.6. The minimum atomic E-state index is -0.280. The average Bonchev–Trinajstić information content (AvgIpc) is 2.53. The van der Waals surface area contributed by atoms with E-state index in [9.17, 15) is 9.59 Å². The summed E-state index contributed by atoms with van der Waals surface area (Å²) in [4.78, 5) is 24.4. The third-order valence-electron chi connectivity index (χ3n) is 4.30. The number of nitrogens with zero attached hydrogens (tertiary/aromatic N) is 3. The lowest BCUT2D eigenvalue weighted by Crippen LogP contribution is -2.41. The number of benzene rings is 1. The van der Waals surface area contributed by atoms with Gasteiger partial charge in [0.15, 0.2) is 0 Å². The summed E-state index contributed by atoms with van der Waals surface area (Å²) >= 11 is 0. The highest BCUT2D eigenvalue weighted by molar-refractivity contribution is 5.78. The van der Waals surface area contributed by atoms with E-state index in [0.717, 1.165) is 36.3 Å². The molecule has 6 nitrogen and oxygen atoms in total. The van der Waals surface area contributed by atoms with Crippen molar-refractivity contribution in [2.45, 2.75) is 45.2 Å². The van der Waals surface area contributed by atoms with Gasteiger partial charge < -0.3 is 5.32 Å². The number of nitrogens with one attached hydrogen (secondary N) is 1. The van der Waals surface area contributed by atoms with Crippen molar-refractivity contribution in [1.29, 1.82) is 0 Å². The zero-order valence-electron chi connectivity index (χ0n) is 12.7. The second-order valence-electron chi connectivity index (χ2n) is 6.09. The fraction of sp³-hybridized carbons (Fsp3) is 0.500. The van der Waals surface area contributed by atoms with Crippen molar-refractivity contribution in [3.63, 3.8) is 0 Å². The van der Waals surface area contributed by atoms with Gasteiger partial charge in [0.2, 0.25) is 5.91 Å². The van der Waals surface area contributed by atoms with Gasteiger partial charge in [-0.05, 0) is 43.7 Å². The van der Waals surface area contributed by atoms with Crippen LogP contribution in [0.1, 0.15) is 32.6 Å². The molecule has 1 aromatic carbocycles. The third-order valence-corrected chi connectivity index (χ3v) is 4.30. The summed E-state index contributed by atoms with van der Waals surface area (Å²) in [6.45, 7) is 2.16. The Kier molecular flexibility index (Phi) is 4.18. The molecule has 0 radical (unpaired) electrons. The van der Waals surface area contributed by atoms with E-state index < -0.39 is 0 Å². The van der Waals surface area contributed by atoms with Crippen molar-refractivity contribution in [1.82, 2.24) is 20.3 Å². The van der Waals surface area contributed by atoms with E-state index in [1.165, 1.54) is 0 Å². The topological polar surface area (TPSA) is 76.9 Å². The van der Waals surface area contributed by atoms with E-state index in [-0.39, 0.29) is 24.1 Å². The highest BCUT2D eigenvalue weighted by Gasteiger charge is 2.20. The molecule has 116 valence electrons. The molecule has 1 aromatic heterocycles. The van der Waals surface area contributed by atoms with E-state index in [1.54, 1.807) is 24.3 Å². The van der Waals surface area contributed by atoms with E-state index in [0.29, 0.717) is 10.9 Å². The van der Waals surface area contributed by atoms with Gasteiger partial charge >= 0.3 is 0 Å². The number of carbonyl (C=O) groups excluding carboxylic acids is 1. The van der Waals surface area contributed by atoms with Crippen LogP contribution in [0.4, 0.5) is 0 Å². The molecule has 0 spiro atoms. The number of rotatable bonds is 3. The fourth-order valence-electron chi connectivity index (χ4n) is 2.94. The van der Waals surface area contributed by atoms with Gasteiger partial charge in [0.1, 0.15) is 12.1 Å². The van der Waals surface area contributed by atoms with Crippen LogP contribution in [0.5, 0.6) is 0 Å². The van der Waals surface area contributed by atoms with E-state index >= 15 is 0 Å². The monoisotopic (exact) mass is 300 g/mol. The van der Waals surface area contributed by atoms with Crippen LogP contribution in [0.3, 0.4) is 0 Å². The van der Waals surface area contributed by atoms with Crippen LogP contribution in [0.15, 0.2) is 29.1 Å². The lowest BCUT2D eigenvalue weighted by atomic mass is 9.87. The molecule has 0 bridgehead atoms. The summed E-state index contributed by atoms with van der Waals surface area (Å²) in [7, 11) is 0. The zero-order valence-corrected chi connectivity index (χ0v) is 12.7. The molecule has 22 heavy (non-hydrogen) atoms. The molecule has 0 aliphatic heterocycles. The number of hydrogen-bond acceptors (Lipinski definition) is 4. The van der Waals surface area contributed by atoms with Gasteiger partial charge in [-0.25, -0.2) is 4.68 Å². The molecule has 1 aliphatic carbocycles. The third kappa shape index (κ3) is 3.16. The first-order valence-electron chi connectivity index (χ1n) is 7.75. The van der Waals surface area contributed by atoms with Gasteiger partial charge in [-0.3, -0.25) is 9.59 Å². The van der Waals surface area contributed by atoms with Crippen LogP contribution < -0.4 is 10.9 Å². The van der Waals surface area contributed by atoms with Crippen molar-refractivity contribution >= 4 is 16.8 Å². The number of fused-ring (bicyclic) bond motifs is 1. The van der Waals surface area contributed by atoms with Crippen LogP contribution in [-0.2, 0) is 11.3 Å². The van der Waals surface area contributed by atoms with Crippen LogP contribution in [0.25, 0.3) is 10.9 Å². The average molecular weight is 300 g/mol. The Labute approximate surface area is 128 Å². The molecule has 2 aromatic rings. The Hall–Kier alpha value is -2.24. The maximum Gasteiger partial charge on any atom is 0.278 e. The Morgan fingerprint density at radius 3 is 2.77 bits per heavy atom. The smallest absolute Gasteiger partial charge is 0.278 e. The van der Waals surface area contributed by atoms with Crippen LogP contribution in [-0.4, -0.2) is 26.9 Å². The molecule has 0 saturated heterocycles. The quantitative estimate of drug-likeness (QED) is 0.931.